The van der Waals surface area contributed by atoms with Crippen LogP contribution in [0.25, 0.3) is 0 Å². The number of nitrogens with zero attached hydrogens (tertiary/aromatic N) is 4. The fourth-order valence-electron chi connectivity index (χ4n) is 2.86. The SMILES string of the molecule is CNS(=O)(=O)Nc1nccc(CN2Cc3ncc(Oc4ncccc4F)cc3OC2=O)c1F. The molecule has 0 bridgehead atoms. The number of aromatic nitrogens is 3. The molecule has 0 aliphatic carbocycles. The number of carbonyl (C=O) groups is 1. The standard InChI is InChI=1S/C19H16F2N6O5S/c1-22-33(29,30)26-17-16(21)11(4-6-23-17)9-27-10-14-15(32-19(27)28)7-12(8-25-14)31-18-13(20)3-2-5-24-18/h2-8,22H,9-10H2,1H3,(H,23,26). The second-order valence-corrected chi connectivity index (χ2v) is 8.29. The maximum atomic E-state index is 14.7. The second kappa shape index (κ2) is 8.91. The molecular formula is C19H16F2N6O5S. The van der Waals surface area contributed by atoms with Crippen molar-refractivity contribution >= 4 is 22.1 Å². The Bertz CT molecular complexity index is 1320. The van der Waals surface area contributed by atoms with Gasteiger partial charge in [0.1, 0.15) is 5.69 Å². The molecule has 172 valence electrons. The van der Waals surface area contributed by atoms with E-state index in [-0.39, 0.29) is 36.0 Å². The van der Waals surface area contributed by atoms with Crippen molar-refractivity contribution in [1.29, 1.82) is 0 Å². The maximum absolute atomic E-state index is 14.7. The summed E-state index contributed by atoms with van der Waals surface area (Å²) in [6.45, 7) is -0.258. The first-order chi connectivity index (χ1) is 15.8. The quantitative estimate of drug-likeness (QED) is 0.528. The van der Waals surface area contributed by atoms with Gasteiger partial charge in [0.15, 0.2) is 29.0 Å². The highest BCUT2D eigenvalue weighted by molar-refractivity contribution is 7.90. The summed E-state index contributed by atoms with van der Waals surface area (Å²) in [5.41, 5.74) is 0.360. The molecule has 4 heterocycles. The van der Waals surface area contributed by atoms with Crippen LogP contribution >= 0.6 is 0 Å². The predicted octanol–water partition coefficient (Wildman–Crippen LogP) is 2.33. The smallest absolute Gasteiger partial charge is 0.415 e. The molecule has 11 nitrogen and oxygen atoms in total. The van der Waals surface area contributed by atoms with Crippen LogP contribution in [0.3, 0.4) is 0 Å². The number of amides is 1. The van der Waals surface area contributed by atoms with E-state index in [1.807, 2.05) is 9.44 Å². The van der Waals surface area contributed by atoms with Crippen LogP contribution in [0.2, 0.25) is 0 Å². The number of halogens is 2. The largest absolute Gasteiger partial charge is 0.435 e. The first kappa shape index (κ1) is 22.3. The average Bonchev–Trinajstić information content (AvgIpc) is 2.78. The summed E-state index contributed by atoms with van der Waals surface area (Å²) in [6, 6.07) is 5.26. The predicted molar refractivity (Wildman–Crippen MR) is 110 cm³/mol. The normalized spacial score (nSPS) is 13.3. The zero-order chi connectivity index (χ0) is 23.6. The summed E-state index contributed by atoms with van der Waals surface area (Å²) >= 11 is 0. The fraction of sp³-hybridized carbons (Fsp3) is 0.158. The molecule has 0 aromatic carbocycles. The Hall–Kier alpha value is -3.91. The van der Waals surface area contributed by atoms with Gasteiger partial charge in [-0.05, 0) is 18.2 Å². The Morgan fingerprint density at radius 3 is 2.79 bits per heavy atom. The molecule has 0 spiro atoms. The number of rotatable bonds is 7. The van der Waals surface area contributed by atoms with E-state index in [1.165, 1.54) is 47.8 Å². The minimum absolute atomic E-state index is 0.00443. The number of hydrogen-bond donors (Lipinski definition) is 2. The molecule has 14 heteroatoms. The third kappa shape index (κ3) is 4.96. The molecule has 4 rings (SSSR count). The lowest BCUT2D eigenvalue weighted by molar-refractivity contribution is 0.133. The van der Waals surface area contributed by atoms with E-state index in [1.54, 1.807) is 0 Å². The van der Waals surface area contributed by atoms with Crippen LogP contribution in [0.5, 0.6) is 17.4 Å². The van der Waals surface area contributed by atoms with E-state index >= 15 is 0 Å². The van der Waals surface area contributed by atoms with Crippen molar-refractivity contribution in [2.45, 2.75) is 13.1 Å². The van der Waals surface area contributed by atoms with Gasteiger partial charge in [-0.3, -0.25) is 14.6 Å². The molecule has 1 aliphatic rings. The monoisotopic (exact) mass is 478 g/mol. The topological polar surface area (TPSA) is 136 Å². The number of pyridine rings is 3. The van der Waals surface area contributed by atoms with Crippen molar-refractivity contribution < 1.29 is 31.5 Å². The summed E-state index contributed by atoms with van der Waals surface area (Å²) in [6.07, 6.45) is 3.07. The summed E-state index contributed by atoms with van der Waals surface area (Å²) < 4.78 is 66.3. The van der Waals surface area contributed by atoms with Gasteiger partial charge in [0.05, 0.1) is 19.3 Å². The van der Waals surface area contributed by atoms with E-state index in [2.05, 4.69) is 15.0 Å². The van der Waals surface area contributed by atoms with E-state index < -0.39 is 33.8 Å². The van der Waals surface area contributed by atoms with Crippen molar-refractivity contribution in [1.82, 2.24) is 24.6 Å². The molecule has 33 heavy (non-hydrogen) atoms. The second-order valence-electron chi connectivity index (χ2n) is 6.67. The lowest BCUT2D eigenvalue weighted by atomic mass is 10.2. The van der Waals surface area contributed by atoms with E-state index in [9.17, 15) is 22.0 Å². The third-order valence-corrected chi connectivity index (χ3v) is 5.47. The molecule has 1 aliphatic heterocycles. The fourth-order valence-corrected chi connectivity index (χ4v) is 3.36. The number of carbonyl (C=O) groups excluding carboxylic acids is 1. The Morgan fingerprint density at radius 1 is 1.21 bits per heavy atom. The van der Waals surface area contributed by atoms with Crippen molar-refractivity contribution in [2.75, 3.05) is 11.8 Å². The molecule has 0 unspecified atom stereocenters. The zero-order valence-electron chi connectivity index (χ0n) is 16.9. The van der Waals surface area contributed by atoms with Crippen LogP contribution < -0.4 is 18.9 Å². The van der Waals surface area contributed by atoms with Gasteiger partial charge in [0, 0.05) is 31.1 Å². The van der Waals surface area contributed by atoms with Gasteiger partial charge < -0.3 is 9.47 Å². The molecule has 1 amide bonds. The molecule has 3 aromatic rings. The van der Waals surface area contributed by atoms with Crippen LogP contribution in [0, 0.1) is 11.6 Å². The Balaban J connectivity index is 1.51. The number of nitrogens with one attached hydrogen (secondary N) is 2. The van der Waals surface area contributed by atoms with Gasteiger partial charge in [0.2, 0.25) is 0 Å². The zero-order valence-corrected chi connectivity index (χ0v) is 17.8. The van der Waals surface area contributed by atoms with Crippen molar-refractivity contribution in [3.8, 4) is 17.4 Å². The van der Waals surface area contributed by atoms with E-state index in [0.717, 1.165) is 7.05 Å². The summed E-state index contributed by atoms with van der Waals surface area (Å²) in [5.74, 6) is -2.19. The maximum Gasteiger partial charge on any atom is 0.415 e. The van der Waals surface area contributed by atoms with Crippen molar-refractivity contribution in [3.05, 3.63) is 65.7 Å². The van der Waals surface area contributed by atoms with Gasteiger partial charge in [-0.15, -0.1) is 0 Å². The highest BCUT2D eigenvalue weighted by Crippen LogP contribution is 2.31. The molecule has 0 saturated heterocycles. The molecular weight excluding hydrogens is 462 g/mol. The summed E-state index contributed by atoms with van der Waals surface area (Å²) in [4.78, 5) is 25.2. The number of fused-ring (bicyclic) bond motifs is 1. The Kier molecular flexibility index (Phi) is 6.02. The first-order valence-electron chi connectivity index (χ1n) is 9.34. The Labute approximate surface area is 186 Å². The summed E-state index contributed by atoms with van der Waals surface area (Å²) in [7, 11) is -2.83. The number of hydrogen-bond acceptors (Lipinski definition) is 8. The third-order valence-electron chi connectivity index (χ3n) is 4.47. The van der Waals surface area contributed by atoms with E-state index in [4.69, 9.17) is 9.47 Å². The van der Waals surface area contributed by atoms with Crippen LogP contribution in [-0.4, -0.2) is 41.4 Å². The van der Waals surface area contributed by atoms with Gasteiger partial charge in [-0.25, -0.2) is 28.3 Å². The van der Waals surface area contributed by atoms with Gasteiger partial charge >= 0.3 is 6.09 Å². The average molecular weight is 478 g/mol. The Morgan fingerprint density at radius 2 is 2.03 bits per heavy atom. The molecule has 3 aromatic heterocycles. The molecule has 0 saturated carbocycles. The minimum Gasteiger partial charge on any atom is -0.435 e. The number of anilines is 1. The van der Waals surface area contributed by atoms with Crippen LogP contribution in [0.4, 0.5) is 19.4 Å². The minimum atomic E-state index is -3.98. The molecule has 2 N–H and O–H groups in total. The lowest BCUT2D eigenvalue weighted by Gasteiger charge is -2.27. The van der Waals surface area contributed by atoms with Crippen LogP contribution in [0.15, 0.2) is 42.9 Å². The van der Waals surface area contributed by atoms with Gasteiger partial charge in [0.25, 0.3) is 16.1 Å². The molecule has 0 fully saturated rings. The molecule has 0 atom stereocenters. The summed E-state index contributed by atoms with van der Waals surface area (Å²) in [5, 5.41) is 0. The van der Waals surface area contributed by atoms with Crippen molar-refractivity contribution in [3.63, 3.8) is 0 Å². The first-order valence-corrected chi connectivity index (χ1v) is 10.8. The number of ether oxygens (including phenoxy) is 2. The van der Waals surface area contributed by atoms with Gasteiger partial charge in [-0.1, -0.05) is 0 Å². The highest BCUT2D eigenvalue weighted by Gasteiger charge is 2.28. The van der Waals surface area contributed by atoms with Gasteiger partial charge in [-0.2, -0.15) is 8.42 Å². The van der Waals surface area contributed by atoms with Crippen LogP contribution in [-0.2, 0) is 23.3 Å². The molecule has 0 radical (unpaired) electrons. The van der Waals surface area contributed by atoms with Crippen molar-refractivity contribution in [2.24, 2.45) is 0 Å². The van der Waals surface area contributed by atoms with E-state index in [0.29, 0.717) is 5.69 Å². The lowest BCUT2D eigenvalue weighted by Crippen LogP contribution is -2.37. The van der Waals surface area contributed by atoms with Crippen LogP contribution in [0.1, 0.15) is 11.3 Å². The highest BCUT2D eigenvalue weighted by atomic mass is 32.2.